The molecule has 0 spiro atoms. The van der Waals surface area contributed by atoms with E-state index in [1.165, 1.54) is 24.3 Å². The smallest absolute Gasteiger partial charge is 0.123 e. The van der Waals surface area contributed by atoms with E-state index in [1.807, 2.05) is 28.8 Å². The van der Waals surface area contributed by atoms with E-state index in [4.69, 9.17) is 0 Å². The second kappa shape index (κ2) is 7.47. The molecule has 3 aromatic carbocycles. The molecule has 0 aliphatic heterocycles. The van der Waals surface area contributed by atoms with Crippen molar-refractivity contribution in [2.24, 2.45) is 0 Å². The van der Waals surface area contributed by atoms with Crippen LogP contribution in [0.3, 0.4) is 0 Å². The molecule has 4 aromatic rings. The maximum atomic E-state index is 13.7. The molecule has 138 valence electrons. The predicted molar refractivity (Wildman–Crippen MR) is 104 cm³/mol. The molecular weight excluding hydrogens is 346 g/mol. The molecule has 2 N–H and O–H groups in total. The first-order valence-corrected chi connectivity index (χ1v) is 8.91. The minimum Gasteiger partial charge on any atom is -0.390 e. The van der Waals surface area contributed by atoms with Crippen molar-refractivity contribution in [1.29, 1.82) is 0 Å². The van der Waals surface area contributed by atoms with Gasteiger partial charge in [-0.2, -0.15) is 0 Å². The topological polar surface area (TPSA) is 37.2 Å². The van der Waals surface area contributed by atoms with Crippen molar-refractivity contribution < 1.29 is 13.9 Å². The van der Waals surface area contributed by atoms with E-state index in [0.29, 0.717) is 19.6 Å². The molecule has 1 heterocycles. The molecule has 27 heavy (non-hydrogen) atoms. The Hall–Kier alpha value is -2.76. The molecule has 5 heteroatoms. The Kier molecular flexibility index (Phi) is 4.88. The highest BCUT2D eigenvalue weighted by Crippen LogP contribution is 2.29. The Morgan fingerprint density at radius 1 is 0.852 bits per heavy atom. The molecule has 0 saturated carbocycles. The Bertz CT molecular complexity index is 1070. The molecule has 1 atom stereocenters. The van der Waals surface area contributed by atoms with Gasteiger partial charge < -0.3 is 15.0 Å². The van der Waals surface area contributed by atoms with Crippen molar-refractivity contribution in [3.63, 3.8) is 0 Å². The fourth-order valence-electron chi connectivity index (χ4n) is 3.48. The van der Waals surface area contributed by atoms with Gasteiger partial charge in [0.15, 0.2) is 0 Å². The Morgan fingerprint density at radius 2 is 1.56 bits per heavy atom. The Balaban J connectivity index is 1.51. The minimum absolute atomic E-state index is 0.262. The summed E-state index contributed by atoms with van der Waals surface area (Å²) in [5.74, 6) is -0.534. The van der Waals surface area contributed by atoms with Gasteiger partial charge in [0.25, 0.3) is 0 Å². The lowest BCUT2D eigenvalue weighted by Crippen LogP contribution is -2.30. The molecule has 0 aliphatic carbocycles. The molecule has 0 fully saturated rings. The summed E-state index contributed by atoms with van der Waals surface area (Å²) in [4.78, 5) is 0. The van der Waals surface area contributed by atoms with Gasteiger partial charge in [0.2, 0.25) is 0 Å². The van der Waals surface area contributed by atoms with Gasteiger partial charge in [-0.3, -0.25) is 0 Å². The first-order chi connectivity index (χ1) is 13.1. The molecule has 3 nitrogen and oxygen atoms in total. The lowest BCUT2D eigenvalue weighted by atomic mass is 10.1. The summed E-state index contributed by atoms with van der Waals surface area (Å²) >= 11 is 0. The number of rotatable bonds is 6. The van der Waals surface area contributed by atoms with Gasteiger partial charge >= 0.3 is 0 Å². The molecule has 0 amide bonds. The fraction of sp³-hybridized carbons (Fsp3) is 0.182. The zero-order valence-electron chi connectivity index (χ0n) is 14.7. The molecule has 0 radical (unpaired) electrons. The average Bonchev–Trinajstić information content (AvgIpc) is 2.97. The molecule has 4 rings (SSSR count). The van der Waals surface area contributed by atoms with Crippen molar-refractivity contribution in [2.45, 2.75) is 19.2 Å². The first kappa shape index (κ1) is 17.6. The number of fused-ring (bicyclic) bond motifs is 3. The summed E-state index contributed by atoms with van der Waals surface area (Å²) in [5, 5.41) is 15.5. The van der Waals surface area contributed by atoms with Crippen LogP contribution < -0.4 is 5.32 Å². The van der Waals surface area contributed by atoms with Crippen molar-refractivity contribution in [3.05, 3.63) is 83.9 Å². The Morgan fingerprint density at radius 3 is 2.37 bits per heavy atom. The van der Waals surface area contributed by atoms with Crippen LogP contribution >= 0.6 is 0 Å². The molecule has 0 saturated heterocycles. The van der Waals surface area contributed by atoms with Crippen LogP contribution in [-0.4, -0.2) is 22.3 Å². The summed E-state index contributed by atoms with van der Waals surface area (Å²) in [6.45, 7) is 1.34. The van der Waals surface area contributed by atoms with Gasteiger partial charge in [0.1, 0.15) is 11.6 Å². The standard InChI is InChI=1S/C22H20F2N2O/c23-16-7-5-15(6-8-16)12-25-13-18(27)14-26-21-4-2-1-3-19(21)20-11-17(24)9-10-22(20)26/h1-11,18,25,27H,12-14H2. The zero-order valence-corrected chi connectivity index (χ0v) is 14.7. The highest BCUT2D eigenvalue weighted by Gasteiger charge is 2.14. The van der Waals surface area contributed by atoms with Crippen LogP contribution in [0, 0.1) is 11.6 Å². The lowest BCUT2D eigenvalue weighted by molar-refractivity contribution is 0.154. The van der Waals surface area contributed by atoms with Crippen LogP contribution in [0.15, 0.2) is 66.7 Å². The van der Waals surface area contributed by atoms with Gasteiger partial charge in [0.05, 0.1) is 12.6 Å². The quantitative estimate of drug-likeness (QED) is 0.536. The predicted octanol–water partition coefficient (Wildman–Crippen LogP) is 4.22. The monoisotopic (exact) mass is 366 g/mol. The average molecular weight is 366 g/mol. The van der Waals surface area contributed by atoms with Crippen LogP contribution in [0.4, 0.5) is 8.78 Å². The van der Waals surface area contributed by atoms with Crippen LogP contribution in [0.5, 0.6) is 0 Å². The second-order valence-electron chi connectivity index (χ2n) is 6.70. The van der Waals surface area contributed by atoms with E-state index < -0.39 is 6.10 Å². The summed E-state index contributed by atoms with van der Waals surface area (Å²) in [6.07, 6.45) is -0.616. The second-order valence-corrected chi connectivity index (χ2v) is 6.70. The summed E-state index contributed by atoms with van der Waals surface area (Å²) in [5.41, 5.74) is 2.82. The van der Waals surface area contributed by atoms with Crippen molar-refractivity contribution in [2.75, 3.05) is 6.54 Å². The van der Waals surface area contributed by atoms with E-state index >= 15 is 0 Å². The van der Waals surface area contributed by atoms with Crippen molar-refractivity contribution >= 4 is 21.8 Å². The summed E-state index contributed by atoms with van der Waals surface area (Å²) in [7, 11) is 0. The molecule has 0 aliphatic rings. The van der Waals surface area contributed by atoms with Gasteiger partial charge in [-0.05, 0) is 42.0 Å². The molecule has 1 aromatic heterocycles. The number of hydrogen-bond acceptors (Lipinski definition) is 2. The third kappa shape index (κ3) is 3.70. The summed E-state index contributed by atoms with van der Waals surface area (Å²) < 4.78 is 28.7. The number of aliphatic hydroxyl groups is 1. The van der Waals surface area contributed by atoms with E-state index in [1.54, 1.807) is 18.2 Å². The largest absolute Gasteiger partial charge is 0.390 e. The van der Waals surface area contributed by atoms with Gasteiger partial charge in [-0.1, -0.05) is 30.3 Å². The maximum absolute atomic E-state index is 13.7. The highest BCUT2D eigenvalue weighted by atomic mass is 19.1. The van der Waals surface area contributed by atoms with E-state index in [-0.39, 0.29) is 11.6 Å². The SMILES string of the molecule is OC(CNCc1ccc(F)cc1)Cn1c2ccccc2c2cc(F)ccc21. The fourth-order valence-corrected chi connectivity index (χ4v) is 3.48. The van der Waals surface area contributed by atoms with E-state index in [9.17, 15) is 13.9 Å². The maximum Gasteiger partial charge on any atom is 0.123 e. The third-order valence-electron chi connectivity index (χ3n) is 4.75. The van der Waals surface area contributed by atoms with Crippen LogP contribution in [0.25, 0.3) is 21.8 Å². The number of aromatic nitrogens is 1. The number of nitrogens with one attached hydrogen (secondary N) is 1. The van der Waals surface area contributed by atoms with E-state index in [2.05, 4.69) is 5.32 Å². The van der Waals surface area contributed by atoms with Crippen molar-refractivity contribution in [3.8, 4) is 0 Å². The number of benzene rings is 3. The number of aliphatic hydroxyl groups excluding tert-OH is 1. The molecule has 0 bridgehead atoms. The van der Waals surface area contributed by atoms with Crippen molar-refractivity contribution in [1.82, 2.24) is 9.88 Å². The number of halogens is 2. The third-order valence-corrected chi connectivity index (χ3v) is 4.75. The number of hydrogen-bond donors (Lipinski definition) is 2. The van der Waals surface area contributed by atoms with E-state index in [0.717, 1.165) is 27.4 Å². The lowest BCUT2D eigenvalue weighted by Gasteiger charge is -2.15. The Labute approximate surface area is 155 Å². The minimum atomic E-state index is -0.616. The van der Waals surface area contributed by atoms with Crippen LogP contribution in [0.1, 0.15) is 5.56 Å². The molecular formula is C22H20F2N2O. The molecule has 1 unspecified atom stereocenters. The highest BCUT2D eigenvalue weighted by molar-refractivity contribution is 6.08. The number of nitrogens with zero attached hydrogens (tertiary/aromatic N) is 1. The van der Waals surface area contributed by atoms with Gasteiger partial charge in [-0.15, -0.1) is 0 Å². The number of para-hydroxylation sites is 1. The zero-order chi connectivity index (χ0) is 18.8. The van der Waals surface area contributed by atoms with Crippen LogP contribution in [-0.2, 0) is 13.1 Å². The van der Waals surface area contributed by atoms with Crippen LogP contribution in [0.2, 0.25) is 0 Å². The normalized spacial score (nSPS) is 12.7. The first-order valence-electron chi connectivity index (χ1n) is 8.91. The van der Waals surface area contributed by atoms with Gasteiger partial charge in [0, 0.05) is 34.9 Å². The van der Waals surface area contributed by atoms with Gasteiger partial charge in [-0.25, -0.2) is 8.78 Å². The summed E-state index contributed by atoms with van der Waals surface area (Å²) in [6, 6.07) is 18.8.